The molecule has 1 saturated heterocycles. The average Bonchev–Trinajstić information content (AvgIpc) is 2.68. The zero-order valence-corrected chi connectivity index (χ0v) is 14.2. The quantitative estimate of drug-likeness (QED) is 0.720. The topological polar surface area (TPSA) is 60.4 Å². The summed E-state index contributed by atoms with van der Waals surface area (Å²) in [6.45, 7) is 3.82. The Labute approximate surface area is 147 Å². The van der Waals surface area contributed by atoms with E-state index in [-0.39, 0.29) is 12.2 Å². The van der Waals surface area contributed by atoms with Crippen LogP contribution in [0.5, 0.6) is 11.5 Å². The molecule has 0 aromatic heterocycles. The van der Waals surface area contributed by atoms with Gasteiger partial charge in [-0.1, -0.05) is 42.5 Å². The van der Waals surface area contributed by atoms with Crippen molar-refractivity contribution in [1.82, 2.24) is 5.01 Å². The normalized spacial score (nSPS) is 18.4. The van der Waals surface area contributed by atoms with E-state index in [4.69, 9.17) is 14.2 Å². The second-order valence-electron chi connectivity index (χ2n) is 5.73. The zero-order chi connectivity index (χ0) is 17.5. The highest BCUT2D eigenvalue weighted by Crippen LogP contribution is 2.34. The molecular weight excluding hydrogens is 320 g/mol. The Balaban J connectivity index is 1.88. The highest BCUT2D eigenvalue weighted by atomic mass is 16.6. The molecule has 2 atom stereocenters. The molecular formula is C19H22N2O4. The van der Waals surface area contributed by atoms with Crippen LogP contribution in [0.1, 0.15) is 18.6 Å². The molecule has 1 fully saturated rings. The van der Waals surface area contributed by atoms with E-state index in [9.17, 15) is 4.91 Å². The summed E-state index contributed by atoms with van der Waals surface area (Å²) < 4.78 is 17.8. The molecule has 25 heavy (non-hydrogen) atoms. The van der Waals surface area contributed by atoms with Crippen LogP contribution in [-0.2, 0) is 4.74 Å². The summed E-state index contributed by atoms with van der Waals surface area (Å²) >= 11 is 0. The van der Waals surface area contributed by atoms with Crippen LogP contribution in [0.3, 0.4) is 0 Å². The van der Waals surface area contributed by atoms with E-state index in [1.807, 2.05) is 61.5 Å². The van der Waals surface area contributed by atoms with Crippen LogP contribution in [0.4, 0.5) is 0 Å². The van der Waals surface area contributed by atoms with Gasteiger partial charge in [-0.3, -0.25) is 5.01 Å². The van der Waals surface area contributed by atoms with Gasteiger partial charge in [-0.25, -0.2) is 0 Å². The van der Waals surface area contributed by atoms with Crippen molar-refractivity contribution in [1.29, 1.82) is 0 Å². The molecule has 6 nitrogen and oxygen atoms in total. The van der Waals surface area contributed by atoms with Gasteiger partial charge in [0, 0.05) is 0 Å². The van der Waals surface area contributed by atoms with Gasteiger partial charge in [0.05, 0.1) is 31.6 Å². The monoisotopic (exact) mass is 342 g/mol. The molecule has 2 aromatic carbocycles. The molecule has 132 valence electrons. The molecule has 6 heteroatoms. The second-order valence-corrected chi connectivity index (χ2v) is 5.73. The maximum absolute atomic E-state index is 10.9. The van der Waals surface area contributed by atoms with Crippen molar-refractivity contribution in [2.45, 2.75) is 19.1 Å². The van der Waals surface area contributed by atoms with E-state index in [1.165, 1.54) is 5.01 Å². The number of ether oxygens (including phenoxy) is 3. The first kappa shape index (κ1) is 17.2. The maximum atomic E-state index is 10.9. The molecule has 0 aliphatic carbocycles. The molecule has 0 radical (unpaired) electrons. The Hall–Kier alpha value is -2.60. The summed E-state index contributed by atoms with van der Waals surface area (Å²) in [7, 11) is 0. The third kappa shape index (κ3) is 4.28. The largest absolute Gasteiger partial charge is 0.490 e. The Morgan fingerprint density at radius 3 is 2.60 bits per heavy atom. The van der Waals surface area contributed by atoms with Crippen molar-refractivity contribution in [2.75, 3.05) is 26.3 Å². The Kier molecular flexibility index (Phi) is 5.85. The van der Waals surface area contributed by atoms with E-state index >= 15 is 0 Å². The van der Waals surface area contributed by atoms with Gasteiger partial charge < -0.3 is 14.2 Å². The Morgan fingerprint density at radius 1 is 1.16 bits per heavy atom. The highest BCUT2D eigenvalue weighted by molar-refractivity contribution is 5.40. The number of hydrogen-bond acceptors (Lipinski definition) is 5. The number of rotatable bonds is 7. The van der Waals surface area contributed by atoms with Crippen LogP contribution >= 0.6 is 0 Å². The lowest BCUT2D eigenvalue weighted by atomic mass is 10.0. The van der Waals surface area contributed by atoms with Gasteiger partial charge in [-0.2, -0.15) is 0 Å². The van der Waals surface area contributed by atoms with Crippen molar-refractivity contribution in [3.63, 3.8) is 0 Å². The zero-order valence-electron chi connectivity index (χ0n) is 14.2. The van der Waals surface area contributed by atoms with Crippen molar-refractivity contribution in [3.05, 3.63) is 65.1 Å². The standard InChI is InChI=1S/C19H22N2O4/c1-2-23-16-10-6-7-11-17(16)25-19(15-8-4-3-5-9-15)18-14-21(20-22)12-13-24-18/h3-11,18-19H,2,12-14H2,1H3. The van der Waals surface area contributed by atoms with Crippen molar-refractivity contribution in [3.8, 4) is 11.5 Å². The first-order valence-electron chi connectivity index (χ1n) is 8.45. The van der Waals surface area contributed by atoms with E-state index < -0.39 is 0 Å². The van der Waals surface area contributed by atoms with E-state index in [2.05, 4.69) is 5.29 Å². The number of nitrogens with zero attached hydrogens (tertiary/aromatic N) is 2. The molecule has 2 aromatic rings. The summed E-state index contributed by atoms with van der Waals surface area (Å²) in [5.74, 6) is 1.34. The van der Waals surface area contributed by atoms with Gasteiger partial charge in [0.15, 0.2) is 17.6 Å². The number of para-hydroxylation sites is 2. The minimum absolute atomic E-state index is 0.302. The highest BCUT2D eigenvalue weighted by Gasteiger charge is 2.32. The van der Waals surface area contributed by atoms with E-state index in [0.29, 0.717) is 37.8 Å². The van der Waals surface area contributed by atoms with Gasteiger partial charge in [0.1, 0.15) is 6.10 Å². The van der Waals surface area contributed by atoms with Crippen LogP contribution in [0.15, 0.2) is 59.9 Å². The first-order valence-corrected chi connectivity index (χ1v) is 8.45. The van der Waals surface area contributed by atoms with Crippen LogP contribution in [0, 0.1) is 4.91 Å². The van der Waals surface area contributed by atoms with Gasteiger partial charge in [0.25, 0.3) is 0 Å². The fourth-order valence-electron chi connectivity index (χ4n) is 2.88. The molecule has 0 spiro atoms. The average molecular weight is 342 g/mol. The molecule has 1 aliphatic rings. The van der Waals surface area contributed by atoms with E-state index in [1.54, 1.807) is 0 Å². The molecule has 0 saturated carbocycles. The Morgan fingerprint density at radius 2 is 1.88 bits per heavy atom. The summed E-state index contributed by atoms with van der Waals surface area (Å²) in [4.78, 5) is 10.9. The predicted molar refractivity (Wildman–Crippen MR) is 94.5 cm³/mol. The number of morpholine rings is 1. The fourth-order valence-corrected chi connectivity index (χ4v) is 2.88. The summed E-state index contributed by atoms with van der Waals surface area (Å²) in [5.41, 5.74) is 0.978. The van der Waals surface area contributed by atoms with Crippen molar-refractivity contribution in [2.24, 2.45) is 5.29 Å². The SMILES string of the molecule is CCOc1ccccc1OC(c1ccccc1)C1CN(N=O)CCO1. The van der Waals surface area contributed by atoms with E-state index in [0.717, 1.165) is 5.56 Å². The van der Waals surface area contributed by atoms with Gasteiger partial charge in [-0.05, 0) is 24.6 Å². The van der Waals surface area contributed by atoms with Crippen molar-refractivity contribution < 1.29 is 14.2 Å². The van der Waals surface area contributed by atoms with Crippen molar-refractivity contribution >= 4 is 0 Å². The van der Waals surface area contributed by atoms with Crippen LogP contribution in [-0.4, -0.2) is 37.4 Å². The van der Waals surface area contributed by atoms with Crippen LogP contribution in [0.2, 0.25) is 0 Å². The minimum Gasteiger partial charge on any atom is -0.490 e. The summed E-state index contributed by atoms with van der Waals surface area (Å²) in [6.07, 6.45) is -0.670. The van der Waals surface area contributed by atoms with Crippen LogP contribution < -0.4 is 9.47 Å². The third-order valence-corrected chi connectivity index (χ3v) is 4.06. The maximum Gasteiger partial charge on any atom is 0.162 e. The number of benzene rings is 2. The lowest BCUT2D eigenvalue weighted by Crippen LogP contribution is -2.43. The Bertz CT molecular complexity index is 680. The molecule has 1 aliphatic heterocycles. The summed E-state index contributed by atoms with van der Waals surface area (Å²) in [5, 5.41) is 4.53. The third-order valence-electron chi connectivity index (χ3n) is 4.06. The number of nitroso groups, excluding NO2 is 1. The van der Waals surface area contributed by atoms with Gasteiger partial charge in [-0.15, -0.1) is 4.91 Å². The first-order chi connectivity index (χ1) is 12.3. The molecule has 0 N–H and O–H groups in total. The molecule has 3 rings (SSSR count). The van der Waals surface area contributed by atoms with Crippen LogP contribution in [0.25, 0.3) is 0 Å². The molecule has 2 unspecified atom stereocenters. The summed E-state index contributed by atoms with van der Waals surface area (Å²) in [6, 6.07) is 17.4. The second kappa shape index (κ2) is 8.48. The lowest BCUT2D eigenvalue weighted by molar-refractivity contribution is -0.0824. The minimum atomic E-state index is -0.368. The fraction of sp³-hybridized carbons (Fsp3) is 0.368. The molecule has 0 bridgehead atoms. The predicted octanol–water partition coefficient (Wildman–Crippen LogP) is 3.59. The van der Waals surface area contributed by atoms with Gasteiger partial charge in [0.2, 0.25) is 0 Å². The van der Waals surface area contributed by atoms with Gasteiger partial charge >= 0.3 is 0 Å². The lowest BCUT2D eigenvalue weighted by Gasteiger charge is -2.34. The molecule has 0 amide bonds. The molecule has 1 heterocycles. The smallest absolute Gasteiger partial charge is 0.162 e. The number of hydrogen-bond donors (Lipinski definition) is 0.